The van der Waals surface area contributed by atoms with Gasteiger partial charge in [-0.25, -0.2) is 9.67 Å². The quantitative estimate of drug-likeness (QED) is 0.244. The Kier molecular flexibility index (Phi) is 6.67. The molecule has 3 heterocycles. The number of fused-ring (bicyclic) bond motifs is 2. The minimum absolute atomic E-state index is 0.292. The molecule has 3 aromatic carbocycles. The number of ether oxygens (including phenoxy) is 2. The van der Waals surface area contributed by atoms with Gasteiger partial charge in [-0.1, -0.05) is 77.3 Å². The minimum atomic E-state index is -0.292. The first-order valence-corrected chi connectivity index (χ1v) is 13.3. The summed E-state index contributed by atoms with van der Waals surface area (Å²) in [4.78, 5) is 6.99. The number of aromatic nitrogens is 2. The second-order valence-electron chi connectivity index (χ2n) is 9.51. The summed E-state index contributed by atoms with van der Waals surface area (Å²) in [6.45, 7) is 4.50. The number of hydrogen-bond acceptors (Lipinski definition) is 5. The van der Waals surface area contributed by atoms with Crippen molar-refractivity contribution in [3.8, 4) is 17.2 Å². The summed E-state index contributed by atoms with van der Waals surface area (Å²) in [5.41, 5.74) is 5.96. The fourth-order valence-electron chi connectivity index (χ4n) is 4.94. The number of rotatable bonds is 6. The first kappa shape index (κ1) is 25.3. The van der Waals surface area contributed by atoms with Crippen LogP contribution < -0.4 is 9.47 Å². The molecule has 0 N–H and O–H groups in total. The second-order valence-corrected chi connectivity index (χ2v) is 10.3. The molecule has 1 unspecified atom stereocenters. The maximum atomic E-state index is 6.70. The molecule has 1 atom stereocenters. The van der Waals surface area contributed by atoms with Crippen molar-refractivity contribution in [2.75, 3.05) is 7.11 Å². The summed E-state index contributed by atoms with van der Waals surface area (Å²) < 4.78 is 13.8. The van der Waals surface area contributed by atoms with Gasteiger partial charge in [-0.05, 0) is 55.3 Å². The lowest BCUT2D eigenvalue weighted by Gasteiger charge is -2.37. The number of amidine groups is 1. The van der Waals surface area contributed by atoms with E-state index in [0.717, 1.165) is 33.9 Å². The predicted molar refractivity (Wildman–Crippen MR) is 155 cm³/mol. The molecule has 0 radical (unpaired) electrons. The third-order valence-corrected chi connectivity index (χ3v) is 7.33. The fraction of sp³-hybridized carbons (Fsp3) is 0.161. The van der Waals surface area contributed by atoms with Gasteiger partial charge in [-0.2, -0.15) is 5.10 Å². The zero-order chi connectivity index (χ0) is 27.1. The maximum Gasteiger partial charge on any atom is 0.164 e. The summed E-state index contributed by atoms with van der Waals surface area (Å²) in [6.07, 6.45) is 3.57. The van der Waals surface area contributed by atoms with Crippen molar-refractivity contribution in [3.05, 3.63) is 123 Å². The van der Waals surface area contributed by atoms with Gasteiger partial charge in [0.25, 0.3) is 0 Å². The van der Waals surface area contributed by atoms with Crippen molar-refractivity contribution in [1.82, 2.24) is 14.7 Å². The van der Waals surface area contributed by atoms with Crippen LogP contribution in [0.3, 0.4) is 0 Å². The molecule has 4 aromatic rings. The van der Waals surface area contributed by atoms with E-state index in [0.29, 0.717) is 34.0 Å². The van der Waals surface area contributed by atoms with Gasteiger partial charge in [-0.15, -0.1) is 0 Å². The molecule has 39 heavy (non-hydrogen) atoms. The Bertz CT molecular complexity index is 1640. The van der Waals surface area contributed by atoms with Crippen LogP contribution >= 0.6 is 23.2 Å². The van der Waals surface area contributed by atoms with Crippen LogP contribution in [-0.2, 0) is 6.61 Å². The molecule has 0 saturated heterocycles. The van der Waals surface area contributed by atoms with Crippen molar-refractivity contribution in [1.29, 1.82) is 0 Å². The SMILES string of the molecule is COc1cc(C2c3c(C)nn(-c4ccc(C)cc4)c3N=C3C(Cl)=CC(Cl)=CN32)ccc1OCc1ccccc1. The topological polar surface area (TPSA) is 51.9 Å². The van der Waals surface area contributed by atoms with Gasteiger partial charge in [0.05, 0.1) is 34.6 Å². The highest BCUT2D eigenvalue weighted by Gasteiger charge is 2.38. The van der Waals surface area contributed by atoms with E-state index in [4.69, 9.17) is 42.8 Å². The number of aliphatic imine (C=N–C) groups is 1. The Morgan fingerprint density at radius 1 is 0.923 bits per heavy atom. The Morgan fingerprint density at radius 2 is 1.69 bits per heavy atom. The number of nitrogens with zero attached hydrogens (tertiary/aromatic N) is 4. The van der Waals surface area contributed by atoms with Crippen LogP contribution in [0.5, 0.6) is 11.5 Å². The lowest BCUT2D eigenvalue weighted by atomic mass is 9.94. The van der Waals surface area contributed by atoms with E-state index in [1.54, 1.807) is 13.2 Å². The summed E-state index contributed by atoms with van der Waals surface area (Å²) in [7, 11) is 1.64. The molecule has 0 amide bonds. The summed E-state index contributed by atoms with van der Waals surface area (Å²) >= 11 is 13.2. The highest BCUT2D eigenvalue weighted by atomic mass is 35.5. The number of allylic oxidation sites excluding steroid dienone is 2. The highest BCUT2D eigenvalue weighted by molar-refractivity contribution is 6.45. The third-order valence-electron chi connectivity index (χ3n) is 6.85. The van der Waals surface area contributed by atoms with Crippen molar-refractivity contribution in [2.24, 2.45) is 4.99 Å². The molecule has 0 bridgehead atoms. The predicted octanol–water partition coefficient (Wildman–Crippen LogP) is 7.73. The minimum Gasteiger partial charge on any atom is -0.493 e. The molecule has 2 aliphatic rings. The highest BCUT2D eigenvalue weighted by Crippen LogP contribution is 2.46. The van der Waals surface area contributed by atoms with Crippen molar-refractivity contribution in [3.63, 3.8) is 0 Å². The Balaban J connectivity index is 1.46. The molecule has 0 fully saturated rings. The largest absolute Gasteiger partial charge is 0.493 e. The molecule has 6 rings (SSSR count). The average Bonchev–Trinajstić information content (AvgIpc) is 3.27. The van der Waals surface area contributed by atoms with Crippen molar-refractivity contribution in [2.45, 2.75) is 26.5 Å². The second kappa shape index (κ2) is 10.3. The fourth-order valence-corrected chi connectivity index (χ4v) is 5.47. The van der Waals surface area contributed by atoms with E-state index >= 15 is 0 Å². The average molecular weight is 557 g/mol. The zero-order valence-corrected chi connectivity index (χ0v) is 23.2. The van der Waals surface area contributed by atoms with Gasteiger partial charge >= 0.3 is 0 Å². The third kappa shape index (κ3) is 4.71. The first-order valence-electron chi connectivity index (χ1n) is 12.6. The van der Waals surface area contributed by atoms with Crippen LogP contribution in [0.15, 0.2) is 100 Å². The molecular weight excluding hydrogens is 531 g/mol. The summed E-state index contributed by atoms with van der Waals surface area (Å²) in [5.74, 6) is 2.63. The Morgan fingerprint density at radius 3 is 2.44 bits per heavy atom. The lowest BCUT2D eigenvalue weighted by molar-refractivity contribution is 0.284. The van der Waals surface area contributed by atoms with Crippen LogP contribution in [-0.4, -0.2) is 27.6 Å². The van der Waals surface area contributed by atoms with E-state index in [9.17, 15) is 0 Å². The van der Waals surface area contributed by atoms with Gasteiger partial charge in [0.15, 0.2) is 23.2 Å². The standard InChI is InChI=1S/C31H26Cl2N4O2/c1-19-9-12-24(13-10-19)37-31-28(20(2)35-37)29(36-17-23(32)16-25(33)30(36)34-31)22-11-14-26(27(15-22)38-3)39-18-21-7-5-4-6-8-21/h4-17,29H,18H2,1-3H3. The molecule has 8 heteroatoms. The van der Waals surface area contributed by atoms with Crippen molar-refractivity contribution < 1.29 is 9.47 Å². The van der Waals surface area contributed by atoms with E-state index in [1.165, 1.54) is 5.56 Å². The lowest BCUT2D eigenvalue weighted by Crippen LogP contribution is -2.35. The van der Waals surface area contributed by atoms with E-state index in [1.807, 2.05) is 83.4 Å². The van der Waals surface area contributed by atoms with Crippen LogP contribution in [0.25, 0.3) is 5.69 Å². The number of benzene rings is 3. The molecular formula is C31H26Cl2N4O2. The monoisotopic (exact) mass is 556 g/mol. The van der Waals surface area contributed by atoms with Crippen LogP contribution in [0.4, 0.5) is 5.82 Å². The molecule has 1 aromatic heterocycles. The van der Waals surface area contributed by atoms with Crippen LogP contribution in [0.1, 0.15) is 34.0 Å². The van der Waals surface area contributed by atoms with E-state index < -0.39 is 0 Å². The van der Waals surface area contributed by atoms with E-state index in [2.05, 4.69) is 19.1 Å². The summed E-state index contributed by atoms with van der Waals surface area (Å²) in [5, 5.41) is 5.88. The molecule has 2 aliphatic heterocycles. The smallest absolute Gasteiger partial charge is 0.164 e. The molecule has 0 saturated carbocycles. The van der Waals surface area contributed by atoms with Crippen molar-refractivity contribution >= 4 is 34.9 Å². The van der Waals surface area contributed by atoms with Gasteiger partial charge in [0.1, 0.15) is 6.61 Å². The number of hydrogen-bond donors (Lipinski definition) is 0. The number of aryl methyl sites for hydroxylation is 2. The number of methoxy groups -OCH3 is 1. The van der Waals surface area contributed by atoms with Gasteiger partial charge in [-0.3, -0.25) is 0 Å². The Hall–Kier alpha value is -4.00. The zero-order valence-electron chi connectivity index (χ0n) is 21.7. The van der Waals surface area contributed by atoms with E-state index in [-0.39, 0.29) is 6.04 Å². The molecule has 196 valence electrons. The van der Waals surface area contributed by atoms with Gasteiger partial charge < -0.3 is 14.4 Å². The molecule has 0 spiro atoms. The van der Waals surface area contributed by atoms with Gasteiger partial charge in [0, 0.05) is 11.8 Å². The first-order chi connectivity index (χ1) is 18.9. The summed E-state index contributed by atoms with van der Waals surface area (Å²) in [6, 6.07) is 23.9. The Labute approximate surface area is 237 Å². The van der Waals surface area contributed by atoms with Crippen LogP contribution in [0, 0.1) is 13.8 Å². The van der Waals surface area contributed by atoms with Gasteiger partial charge in [0.2, 0.25) is 0 Å². The molecule has 6 nitrogen and oxygen atoms in total. The normalized spacial score (nSPS) is 16.1. The number of halogens is 2. The maximum absolute atomic E-state index is 6.70. The molecule has 0 aliphatic carbocycles. The van der Waals surface area contributed by atoms with Crippen LogP contribution in [0.2, 0.25) is 0 Å².